The molecule has 0 radical (unpaired) electrons. The first kappa shape index (κ1) is 21.9. The van der Waals surface area contributed by atoms with Crippen LogP contribution in [0, 0.1) is 0 Å². The molecule has 0 bridgehead atoms. The minimum Gasteiger partial charge on any atom is -0.478 e. The van der Waals surface area contributed by atoms with Crippen LogP contribution in [0.15, 0.2) is 46.1 Å². The Morgan fingerprint density at radius 2 is 1.25 bits per heavy atom. The number of carboxylic acids is 2. The van der Waals surface area contributed by atoms with Crippen LogP contribution in [0.2, 0.25) is 0 Å². The number of hydrogen-bond donors (Lipinski definition) is 2. The van der Waals surface area contributed by atoms with Crippen molar-refractivity contribution >= 4 is 11.9 Å². The molecule has 0 saturated carbocycles. The molecule has 4 heteroatoms. The molecule has 0 amide bonds. The SMILES string of the molecule is CC(C)=CCC/C(C)=C/CC/C(C)=C/C/C(C(=O)O)=C(\C)C(=O)O. The molecule has 0 heterocycles. The van der Waals surface area contributed by atoms with Gasteiger partial charge in [-0.3, -0.25) is 0 Å². The van der Waals surface area contributed by atoms with Crippen LogP contribution < -0.4 is 0 Å². The number of hydrogen-bond acceptors (Lipinski definition) is 2. The van der Waals surface area contributed by atoms with E-state index in [0.29, 0.717) is 0 Å². The van der Waals surface area contributed by atoms with E-state index in [0.717, 1.165) is 31.3 Å². The van der Waals surface area contributed by atoms with Gasteiger partial charge in [0.15, 0.2) is 0 Å². The molecule has 0 atom stereocenters. The fraction of sp³-hybridized carbons (Fsp3) is 0.500. The first-order valence-corrected chi connectivity index (χ1v) is 8.26. The molecule has 0 rings (SSSR count). The van der Waals surface area contributed by atoms with Gasteiger partial charge in [0.25, 0.3) is 0 Å². The fourth-order valence-electron chi connectivity index (χ4n) is 2.15. The first-order chi connectivity index (χ1) is 11.1. The van der Waals surface area contributed by atoms with Gasteiger partial charge in [0.2, 0.25) is 0 Å². The van der Waals surface area contributed by atoms with Crippen molar-refractivity contribution in [2.75, 3.05) is 0 Å². The van der Waals surface area contributed by atoms with E-state index >= 15 is 0 Å². The van der Waals surface area contributed by atoms with Gasteiger partial charge < -0.3 is 10.2 Å². The van der Waals surface area contributed by atoms with Crippen molar-refractivity contribution in [3.63, 3.8) is 0 Å². The third kappa shape index (κ3) is 9.82. The summed E-state index contributed by atoms with van der Waals surface area (Å²) in [6, 6.07) is 0. The van der Waals surface area contributed by atoms with Crippen LogP contribution in [0.1, 0.15) is 66.7 Å². The van der Waals surface area contributed by atoms with Crippen LogP contribution in [0.5, 0.6) is 0 Å². The second-order valence-corrected chi connectivity index (χ2v) is 6.38. The number of carboxylic acid groups (broad SMARTS) is 2. The van der Waals surface area contributed by atoms with Crippen LogP contribution in [-0.4, -0.2) is 22.2 Å². The third-order valence-electron chi connectivity index (χ3n) is 3.81. The maximum absolute atomic E-state index is 11.1. The van der Waals surface area contributed by atoms with E-state index in [1.54, 1.807) is 0 Å². The Morgan fingerprint density at radius 3 is 1.71 bits per heavy atom. The Kier molecular flexibility index (Phi) is 10.4. The molecule has 4 nitrogen and oxygen atoms in total. The molecule has 0 fully saturated rings. The average molecular weight is 334 g/mol. The predicted octanol–water partition coefficient (Wildman–Crippen LogP) is 5.28. The maximum atomic E-state index is 11.1. The summed E-state index contributed by atoms with van der Waals surface area (Å²) in [7, 11) is 0. The molecule has 2 N–H and O–H groups in total. The van der Waals surface area contributed by atoms with Gasteiger partial charge in [-0.25, -0.2) is 9.59 Å². The lowest BCUT2D eigenvalue weighted by molar-refractivity contribution is -0.135. The fourth-order valence-corrected chi connectivity index (χ4v) is 2.15. The van der Waals surface area contributed by atoms with Crippen molar-refractivity contribution in [1.29, 1.82) is 0 Å². The van der Waals surface area contributed by atoms with Crippen molar-refractivity contribution in [2.24, 2.45) is 0 Å². The van der Waals surface area contributed by atoms with Crippen molar-refractivity contribution in [1.82, 2.24) is 0 Å². The molecule has 0 saturated heterocycles. The van der Waals surface area contributed by atoms with Gasteiger partial charge in [0.05, 0.1) is 5.57 Å². The zero-order valence-corrected chi connectivity index (χ0v) is 15.5. The molecule has 0 aliphatic carbocycles. The van der Waals surface area contributed by atoms with E-state index in [4.69, 9.17) is 10.2 Å². The van der Waals surface area contributed by atoms with Gasteiger partial charge in [0, 0.05) is 5.57 Å². The van der Waals surface area contributed by atoms with Gasteiger partial charge in [-0.05, 0) is 66.7 Å². The largest absolute Gasteiger partial charge is 0.478 e. The molecule has 0 aromatic rings. The average Bonchev–Trinajstić information content (AvgIpc) is 2.46. The molecular formula is C20H30O4. The number of aliphatic carboxylic acids is 2. The monoisotopic (exact) mass is 334 g/mol. The lowest BCUT2D eigenvalue weighted by Gasteiger charge is -2.04. The summed E-state index contributed by atoms with van der Waals surface area (Å²) in [5.74, 6) is -2.36. The summed E-state index contributed by atoms with van der Waals surface area (Å²) < 4.78 is 0. The van der Waals surface area contributed by atoms with Gasteiger partial charge >= 0.3 is 11.9 Å². The molecule has 0 aromatic carbocycles. The number of rotatable bonds is 10. The van der Waals surface area contributed by atoms with E-state index in [9.17, 15) is 9.59 Å². The van der Waals surface area contributed by atoms with Crippen molar-refractivity contribution in [3.8, 4) is 0 Å². The third-order valence-corrected chi connectivity index (χ3v) is 3.81. The summed E-state index contributed by atoms with van der Waals surface area (Å²) in [4.78, 5) is 22.1. The summed E-state index contributed by atoms with van der Waals surface area (Å²) in [6.07, 6.45) is 10.3. The standard InChI is InChI=1S/C20H30O4/c1-14(2)8-6-9-15(3)10-7-11-16(4)12-13-18(20(23)24)17(5)19(21)22/h8,10,12H,6-7,9,11,13H2,1-5H3,(H,21,22)(H,23,24)/b15-10+,16-12+,18-17-. The van der Waals surface area contributed by atoms with E-state index in [-0.39, 0.29) is 17.6 Å². The Morgan fingerprint density at radius 1 is 0.750 bits per heavy atom. The Hall–Kier alpha value is -2.10. The van der Waals surface area contributed by atoms with Crippen LogP contribution in [0.4, 0.5) is 0 Å². The maximum Gasteiger partial charge on any atom is 0.332 e. The highest BCUT2D eigenvalue weighted by Crippen LogP contribution is 2.15. The molecule has 24 heavy (non-hydrogen) atoms. The second-order valence-electron chi connectivity index (χ2n) is 6.38. The normalized spacial score (nSPS) is 13.4. The zero-order valence-electron chi connectivity index (χ0n) is 15.5. The van der Waals surface area contributed by atoms with E-state index in [1.165, 1.54) is 18.1 Å². The molecule has 0 aliphatic rings. The van der Waals surface area contributed by atoms with Gasteiger partial charge in [-0.15, -0.1) is 0 Å². The number of allylic oxidation sites excluding steroid dienone is 6. The molecule has 0 aromatic heterocycles. The van der Waals surface area contributed by atoms with E-state index in [2.05, 4.69) is 32.9 Å². The molecular weight excluding hydrogens is 304 g/mol. The van der Waals surface area contributed by atoms with Crippen molar-refractivity contribution in [3.05, 3.63) is 46.1 Å². The first-order valence-electron chi connectivity index (χ1n) is 8.26. The van der Waals surface area contributed by atoms with Crippen LogP contribution in [0.3, 0.4) is 0 Å². The Bertz CT molecular complexity index is 570. The van der Waals surface area contributed by atoms with E-state index in [1.807, 2.05) is 13.0 Å². The summed E-state index contributed by atoms with van der Waals surface area (Å²) in [5, 5.41) is 18.0. The topological polar surface area (TPSA) is 74.6 Å². The summed E-state index contributed by atoms with van der Waals surface area (Å²) in [6.45, 7) is 9.59. The smallest absolute Gasteiger partial charge is 0.332 e. The van der Waals surface area contributed by atoms with Crippen molar-refractivity contribution in [2.45, 2.75) is 66.7 Å². The van der Waals surface area contributed by atoms with Gasteiger partial charge in [-0.1, -0.05) is 34.9 Å². The predicted molar refractivity (Wildman–Crippen MR) is 98.0 cm³/mol. The van der Waals surface area contributed by atoms with Crippen molar-refractivity contribution < 1.29 is 19.8 Å². The lowest BCUT2D eigenvalue weighted by Crippen LogP contribution is -2.08. The van der Waals surface area contributed by atoms with Gasteiger partial charge in [0.1, 0.15) is 0 Å². The summed E-state index contributed by atoms with van der Waals surface area (Å²) in [5.41, 5.74) is 3.59. The quantitative estimate of drug-likeness (QED) is 0.421. The second kappa shape index (κ2) is 11.4. The number of carbonyl (C=O) groups is 2. The molecule has 0 spiro atoms. The zero-order chi connectivity index (χ0) is 18.7. The molecule has 0 aliphatic heterocycles. The Balaban J connectivity index is 4.56. The highest BCUT2D eigenvalue weighted by molar-refractivity contribution is 5.98. The molecule has 0 unspecified atom stereocenters. The van der Waals surface area contributed by atoms with Gasteiger partial charge in [-0.2, -0.15) is 0 Å². The van der Waals surface area contributed by atoms with Crippen LogP contribution in [-0.2, 0) is 9.59 Å². The molecule has 134 valence electrons. The highest BCUT2D eigenvalue weighted by atomic mass is 16.4. The van der Waals surface area contributed by atoms with Crippen LogP contribution >= 0.6 is 0 Å². The minimum atomic E-state index is -1.19. The summed E-state index contributed by atoms with van der Waals surface area (Å²) >= 11 is 0. The highest BCUT2D eigenvalue weighted by Gasteiger charge is 2.14. The lowest BCUT2D eigenvalue weighted by atomic mass is 10.0. The van der Waals surface area contributed by atoms with Crippen LogP contribution in [0.25, 0.3) is 0 Å². The van der Waals surface area contributed by atoms with E-state index < -0.39 is 11.9 Å². The Labute approximate surface area is 145 Å². The minimum absolute atomic E-state index is 0.0599.